The van der Waals surface area contributed by atoms with Gasteiger partial charge in [-0.15, -0.1) is 0 Å². The molecule has 0 aliphatic carbocycles. The summed E-state index contributed by atoms with van der Waals surface area (Å²) in [6, 6.07) is 5.69. The van der Waals surface area contributed by atoms with Gasteiger partial charge in [0.1, 0.15) is 22.9 Å². The minimum Gasteiger partial charge on any atom is -0.497 e. The zero-order valence-electron chi connectivity index (χ0n) is 16.0. The maximum atomic E-state index is 13.8. The molecule has 1 amide bonds. The van der Waals surface area contributed by atoms with Crippen molar-refractivity contribution < 1.29 is 27.2 Å². The molecule has 11 heteroatoms. The summed E-state index contributed by atoms with van der Waals surface area (Å²) in [7, 11) is 1.48. The summed E-state index contributed by atoms with van der Waals surface area (Å²) < 4.78 is 52.2. The Morgan fingerprint density at radius 1 is 1.37 bits per heavy atom. The molecule has 0 spiro atoms. The Hall–Kier alpha value is -3.50. The number of rotatable bonds is 4. The number of hydrogen-bond donors (Lipinski definition) is 2. The Balaban J connectivity index is 1.70. The maximum absolute atomic E-state index is 13.8. The smallest absolute Gasteiger partial charge is 0.410 e. The number of fused-ring (bicyclic) bond motifs is 1. The molecule has 1 aromatic carbocycles. The van der Waals surface area contributed by atoms with Crippen LogP contribution in [0.15, 0.2) is 41.1 Å². The first-order chi connectivity index (χ1) is 14.3. The van der Waals surface area contributed by atoms with Crippen molar-refractivity contribution in [2.75, 3.05) is 17.7 Å². The highest BCUT2D eigenvalue weighted by atomic mass is 19.4. The van der Waals surface area contributed by atoms with E-state index >= 15 is 0 Å². The lowest BCUT2D eigenvalue weighted by molar-refractivity contribution is -0.173. The van der Waals surface area contributed by atoms with Crippen molar-refractivity contribution in [3.05, 3.63) is 53.4 Å². The molecule has 4 rings (SSSR count). The number of amides is 1. The van der Waals surface area contributed by atoms with Gasteiger partial charge in [0.2, 0.25) is 0 Å². The standard InChI is InChI=1S/C19H18F3N5O3/c1-10-6-16(26-30-10)25-18(28)13-9-23-27-15(19(20,21)22)8-14(24-17(13)27)11-4-3-5-12(7-11)29-2/h3-7,9,14-15,24H,8H2,1-2H3,(H,25,26,28)/t14-,15-/m0/s1. The number of ether oxygens (including phenoxy) is 1. The highest BCUT2D eigenvalue weighted by Gasteiger charge is 2.47. The van der Waals surface area contributed by atoms with Gasteiger partial charge in [0.15, 0.2) is 11.9 Å². The molecule has 0 bridgehead atoms. The number of carbonyl (C=O) groups excluding carboxylic acids is 1. The summed E-state index contributed by atoms with van der Waals surface area (Å²) in [5, 5.41) is 13.0. The molecule has 3 heterocycles. The van der Waals surface area contributed by atoms with Crippen LogP contribution in [0.2, 0.25) is 0 Å². The van der Waals surface area contributed by atoms with Crippen LogP contribution in [-0.2, 0) is 0 Å². The van der Waals surface area contributed by atoms with E-state index in [1.807, 2.05) is 0 Å². The Morgan fingerprint density at radius 2 is 2.17 bits per heavy atom. The Labute approximate surface area is 169 Å². The number of nitrogens with one attached hydrogen (secondary N) is 2. The molecular formula is C19H18F3N5O3. The number of nitrogens with zero attached hydrogens (tertiary/aromatic N) is 3. The molecule has 0 saturated carbocycles. The van der Waals surface area contributed by atoms with E-state index in [9.17, 15) is 18.0 Å². The summed E-state index contributed by atoms with van der Waals surface area (Å²) >= 11 is 0. The van der Waals surface area contributed by atoms with E-state index in [1.54, 1.807) is 31.2 Å². The third kappa shape index (κ3) is 3.70. The van der Waals surface area contributed by atoms with Gasteiger partial charge in [-0.25, -0.2) is 4.68 Å². The molecule has 0 radical (unpaired) electrons. The van der Waals surface area contributed by atoms with E-state index in [2.05, 4.69) is 20.9 Å². The number of aryl methyl sites for hydroxylation is 1. The van der Waals surface area contributed by atoms with Gasteiger partial charge in [-0.05, 0) is 24.6 Å². The second-order valence-electron chi connectivity index (χ2n) is 6.89. The highest BCUT2D eigenvalue weighted by molar-refractivity contribution is 6.07. The first kappa shape index (κ1) is 19.8. The number of carbonyl (C=O) groups is 1. The maximum Gasteiger partial charge on any atom is 0.410 e. The van der Waals surface area contributed by atoms with Crippen LogP contribution in [0, 0.1) is 6.92 Å². The second kappa shape index (κ2) is 7.39. The van der Waals surface area contributed by atoms with Crippen LogP contribution in [0.4, 0.5) is 24.8 Å². The predicted molar refractivity (Wildman–Crippen MR) is 100 cm³/mol. The summed E-state index contributed by atoms with van der Waals surface area (Å²) in [5.74, 6) is 0.496. The van der Waals surface area contributed by atoms with Gasteiger partial charge in [-0.2, -0.15) is 18.3 Å². The normalized spacial score (nSPS) is 18.4. The summed E-state index contributed by atoms with van der Waals surface area (Å²) in [4.78, 5) is 12.7. The number of alkyl halides is 3. The molecular weight excluding hydrogens is 403 g/mol. The second-order valence-corrected chi connectivity index (χ2v) is 6.89. The van der Waals surface area contributed by atoms with Gasteiger partial charge in [-0.1, -0.05) is 17.3 Å². The predicted octanol–water partition coefficient (Wildman–Crippen LogP) is 4.10. The summed E-state index contributed by atoms with van der Waals surface area (Å²) in [5.41, 5.74) is 0.576. The van der Waals surface area contributed by atoms with Gasteiger partial charge >= 0.3 is 6.18 Å². The molecule has 1 aliphatic rings. The number of methoxy groups -OCH3 is 1. The minimum atomic E-state index is -4.54. The molecule has 1 aliphatic heterocycles. The molecule has 2 atom stereocenters. The van der Waals surface area contributed by atoms with E-state index in [0.29, 0.717) is 17.1 Å². The van der Waals surface area contributed by atoms with Crippen molar-refractivity contribution in [3.8, 4) is 5.75 Å². The SMILES string of the molecule is COc1cccc([C@@H]2C[C@@H](C(F)(F)F)n3ncc(C(=O)Nc4cc(C)on4)c3N2)c1. The van der Waals surface area contributed by atoms with Crippen LogP contribution in [0.3, 0.4) is 0 Å². The van der Waals surface area contributed by atoms with Crippen LogP contribution < -0.4 is 15.4 Å². The van der Waals surface area contributed by atoms with Crippen molar-refractivity contribution in [1.82, 2.24) is 14.9 Å². The molecule has 0 saturated heterocycles. The average molecular weight is 421 g/mol. The van der Waals surface area contributed by atoms with E-state index < -0.39 is 24.2 Å². The Kier molecular flexibility index (Phi) is 4.88. The quantitative estimate of drug-likeness (QED) is 0.659. The lowest BCUT2D eigenvalue weighted by Gasteiger charge is -2.34. The monoisotopic (exact) mass is 421 g/mol. The minimum absolute atomic E-state index is 0.0193. The van der Waals surface area contributed by atoms with Crippen LogP contribution in [-0.4, -0.2) is 34.1 Å². The van der Waals surface area contributed by atoms with E-state index in [0.717, 1.165) is 10.9 Å². The van der Waals surface area contributed by atoms with Crippen LogP contribution in [0.25, 0.3) is 0 Å². The lowest BCUT2D eigenvalue weighted by atomic mass is 9.96. The molecule has 8 nitrogen and oxygen atoms in total. The van der Waals surface area contributed by atoms with Gasteiger partial charge < -0.3 is 19.9 Å². The van der Waals surface area contributed by atoms with Crippen molar-refractivity contribution in [1.29, 1.82) is 0 Å². The largest absolute Gasteiger partial charge is 0.497 e. The van der Waals surface area contributed by atoms with Gasteiger partial charge in [0.25, 0.3) is 5.91 Å². The number of aromatic nitrogens is 3. The summed E-state index contributed by atoms with van der Waals surface area (Å²) in [6.45, 7) is 1.65. The summed E-state index contributed by atoms with van der Waals surface area (Å²) in [6.07, 6.45) is -3.72. The third-order valence-corrected chi connectivity index (χ3v) is 4.85. The fourth-order valence-electron chi connectivity index (χ4n) is 3.41. The van der Waals surface area contributed by atoms with Crippen LogP contribution in [0.1, 0.15) is 40.2 Å². The molecule has 3 aromatic rings. The molecule has 2 aromatic heterocycles. The fraction of sp³-hybridized carbons (Fsp3) is 0.316. The third-order valence-electron chi connectivity index (χ3n) is 4.85. The van der Waals surface area contributed by atoms with Crippen LogP contribution in [0.5, 0.6) is 5.75 Å². The molecule has 0 fully saturated rings. The van der Waals surface area contributed by atoms with Crippen molar-refractivity contribution in [2.24, 2.45) is 0 Å². The van der Waals surface area contributed by atoms with Crippen molar-refractivity contribution in [3.63, 3.8) is 0 Å². The van der Waals surface area contributed by atoms with Gasteiger partial charge in [0.05, 0.1) is 19.3 Å². The average Bonchev–Trinajstić information content (AvgIpc) is 3.32. The Morgan fingerprint density at radius 3 is 2.83 bits per heavy atom. The van der Waals surface area contributed by atoms with Crippen molar-refractivity contribution in [2.45, 2.75) is 31.6 Å². The number of halogens is 3. The number of hydrogen-bond acceptors (Lipinski definition) is 6. The molecule has 158 valence electrons. The van der Waals surface area contributed by atoms with Crippen molar-refractivity contribution >= 4 is 17.5 Å². The lowest BCUT2D eigenvalue weighted by Crippen LogP contribution is -2.36. The Bertz CT molecular complexity index is 1080. The highest BCUT2D eigenvalue weighted by Crippen LogP contribution is 2.44. The molecule has 2 N–H and O–H groups in total. The van der Waals surface area contributed by atoms with E-state index in [1.165, 1.54) is 13.2 Å². The number of benzene rings is 1. The van der Waals surface area contributed by atoms with E-state index in [4.69, 9.17) is 9.26 Å². The van der Waals surface area contributed by atoms with Crippen LogP contribution >= 0.6 is 0 Å². The molecule has 0 unspecified atom stereocenters. The first-order valence-corrected chi connectivity index (χ1v) is 9.05. The topological polar surface area (TPSA) is 94.2 Å². The molecule has 30 heavy (non-hydrogen) atoms. The fourth-order valence-corrected chi connectivity index (χ4v) is 3.41. The van der Waals surface area contributed by atoms with E-state index in [-0.39, 0.29) is 23.6 Å². The van der Waals surface area contributed by atoms with Gasteiger partial charge in [0, 0.05) is 12.5 Å². The number of anilines is 2. The zero-order chi connectivity index (χ0) is 21.5. The van der Waals surface area contributed by atoms with Gasteiger partial charge in [-0.3, -0.25) is 4.79 Å². The zero-order valence-corrected chi connectivity index (χ0v) is 16.0. The first-order valence-electron chi connectivity index (χ1n) is 9.05.